The van der Waals surface area contributed by atoms with Crippen LogP contribution in [0.1, 0.15) is 30.1 Å². The van der Waals surface area contributed by atoms with E-state index in [1.54, 1.807) is 25.1 Å². The van der Waals surface area contributed by atoms with Gasteiger partial charge in [0.05, 0.1) is 23.3 Å². The normalized spacial score (nSPS) is 17.1. The van der Waals surface area contributed by atoms with Crippen molar-refractivity contribution in [2.24, 2.45) is 0 Å². The third kappa shape index (κ3) is 4.83. The predicted molar refractivity (Wildman–Crippen MR) is 90.6 cm³/mol. The summed E-state index contributed by atoms with van der Waals surface area (Å²) in [6.07, 6.45) is 2.36. The lowest BCUT2D eigenvalue weighted by molar-refractivity contribution is 0.0526. The van der Waals surface area contributed by atoms with Crippen LogP contribution in [-0.4, -0.2) is 36.9 Å². The molecule has 0 aliphatic carbocycles. The van der Waals surface area contributed by atoms with E-state index in [4.69, 9.17) is 33.3 Å². The molecule has 2 rings (SSSR count). The Morgan fingerprint density at radius 1 is 1.55 bits per heavy atom. The van der Waals surface area contributed by atoms with Crippen LogP contribution in [0, 0.1) is 0 Å². The molecule has 1 aliphatic rings. The summed E-state index contributed by atoms with van der Waals surface area (Å²) in [6, 6.07) is 5.00. The number of halogens is 1. The predicted octanol–water partition coefficient (Wildman–Crippen LogP) is 2.98. The van der Waals surface area contributed by atoms with E-state index in [2.05, 4.69) is 10.6 Å². The van der Waals surface area contributed by atoms with Crippen molar-refractivity contribution in [2.75, 3.05) is 25.1 Å². The molecule has 0 radical (unpaired) electrons. The minimum Gasteiger partial charge on any atom is -0.462 e. The number of esters is 1. The molecule has 0 bridgehead atoms. The van der Waals surface area contributed by atoms with Gasteiger partial charge in [-0.3, -0.25) is 0 Å². The van der Waals surface area contributed by atoms with Gasteiger partial charge < -0.3 is 20.1 Å². The maximum absolute atomic E-state index is 11.7. The number of thiocarbonyl (C=S) groups is 1. The fraction of sp³-hybridized carbons (Fsp3) is 0.467. The fourth-order valence-electron chi connectivity index (χ4n) is 2.15. The fourth-order valence-corrected chi connectivity index (χ4v) is 2.61. The van der Waals surface area contributed by atoms with Crippen LogP contribution in [0.5, 0.6) is 0 Å². The molecule has 0 amide bonds. The Balaban J connectivity index is 1.88. The molecule has 0 unspecified atom stereocenters. The number of hydrogen-bond donors (Lipinski definition) is 2. The standard InChI is InChI=1S/C15H19ClN2O3S/c1-2-20-14(19)12-6-5-10(8-13(12)16)18-15(22)17-9-11-4-3-7-21-11/h5-6,8,11H,2-4,7,9H2,1H3,(H2,17,18,22)/t11-/m0/s1. The summed E-state index contributed by atoms with van der Waals surface area (Å²) in [5, 5.41) is 6.96. The van der Waals surface area contributed by atoms with Crippen LogP contribution in [0.3, 0.4) is 0 Å². The van der Waals surface area contributed by atoms with E-state index < -0.39 is 5.97 Å². The number of benzene rings is 1. The Morgan fingerprint density at radius 2 is 2.36 bits per heavy atom. The van der Waals surface area contributed by atoms with Gasteiger partial charge in [-0.05, 0) is 50.2 Å². The lowest BCUT2D eigenvalue weighted by Crippen LogP contribution is -2.34. The van der Waals surface area contributed by atoms with Crippen molar-refractivity contribution in [3.8, 4) is 0 Å². The summed E-state index contributed by atoms with van der Waals surface area (Å²) < 4.78 is 10.4. The van der Waals surface area contributed by atoms with Crippen LogP contribution >= 0.6 is 23.8 Å². The summed E-state index contributed by atoms with van der Waals surface area (Å²) in [6.45, 7) is 3.56. The molecule has 22 heavy (non-hydrogen) atoms. The molecular weight excluding hydrogens is 324 g/mol. The zero-order valence-corrected chi connectivity index (χ0v) is 13.9. The number of rotatable bonds is 5. The first kappa shape index (κ1) is 17.0. The van der Waals surface area contributed by atoms with Gasteiger partial charge in [-0.1, -0.05) is 11.6 Å². The molecule has 1 fully saturated rings. The molecule has 120 valence electrons. The molecule has 0 spiro atoms. The maximum Gasteiger partial charge on any atom is 0.339 e. The van der Waals surface area contributed by atoms with Gasteiger partial charge in [0.1, 0.15) is 0 Å². The molecule has 1 atom stereocenters. The highest BCUT2D eigenvalue weighted by atomic mass is 35.5. The molecule has 1 aliphatic heterocycles. The molecule has 5 nitrogen and oxygen atoms in total. The number of carbonyl (C=O) groups is 1. The molecule has 0 saturated carbocycles. The number of ether oxygens (including phenoxy) is 2. The van der Waals surface area contributed by atoms with Gasteiger partial charge in [0.2, 0.25) is 0 Å². The number of anilines is 1. The maximum atomic E-state index is 11.7. The Hall–Kier alpha value is -1.37. The van der Waals surface area contributed by atoms with Crippen molar-refractivity contribution in [1.82, 2.24) is 5.32 Å². The van der Waals surface area contributed by atoms with E-state index in [0.717, 1.165) is 19.4 Å². The first-order valence-corrected chi connectivity index (χ1v) is 8.02. The van der Waals surface area contributed by atoms with Crippen molar-refractivity contribution in [3.05, 3.63) is 28.8 Å². The van der Waals surface area contributed by atoms with E-state index in [1.807, 2.05) is 0 Å². The van der Waals surface area contributed by atoms with Crippen molar-refractivity contribution in [3.63, 3.8) is 0 Å². The Morgan fingerprint density at radius 3 is 3.00 bits per heavy atom. The average molecular weight is 343 g/mol. The van der Waals surface area contributed by atoms with Gasteiger partial charge in [0.25, 0.3) is 0 Å². The highest BCUT2D eigenvalue weighted by Gasteiger charge is 2.16. The summed E-state index contributed by atoms with van der Waals surface area (Å²) in [5.74, 6) is -0.432. The topological polar surface area (TPSA) is 59.6 Å². The first-order valence-electron chi connectivity index (χ1n) is 7.23. The van der Waals surface area contributed by atoms with Gasteiger partial charge in [-0.25, -0.2) is 4.79 Å². The Bertz CT molecular complexity index is 548. The molecular formula is C15H19ClN2O3S. The first-order chi connectivity index (χ1) is 10.6. The molecule has 0 aromatic heterocycles. The minimum atomic E-state index is -0.432. The van der Waals surface area contributed by atoms with Crippen LogP contribution in [-0.2, 0) is 9.47 Å². The SMILES string of the molecule is CCOC(=O)c1ccc(NC(=S)NC[C@@H]2CCCO2)cc1Cl. The molecule has 7 heteroatoms. The van der Waals surface area contributed by atoms with Crippen LogP contribution < -0.4 is 10.6 Å². The Labute approximate surface area is 140 Å². The largest absolute Gasteiger partial charge is 0.462 e. The summed E-state index contributed by atoms with van der Waals surface area (Å²) in [7, 11) is 0. The van der Waals surface area contributed by atoms with Crippen LogP contribution in [0.25, 0.3) is 0 Å². The van der Waals surface area contributed by atoms with Crippen molar-refractivity contribution >= 4 is 40.6 Å². The van der Waals surface area contributed by atoms with Crippen LogP contribution in [0.4, 0.5) is 5.69 Å². The van der Waals surface area contributed by atoms with Gasteiger partial charge in [0.15, 0.2) is 5.11 Å². The monoisotopic (exact) mass is 342 g/mol. The highest BCUT2D eigenvalue weighted by molar-refractivity contribution is 7.80. The van der Waals surface area contributed by atoms with Gasteiger partial charge in [-0.2, -0.15) is 0 Å². The van der Waals surface area contributed by atoms with E-state index in [1.165, 1.54) is 0 Å². The summed E-state index contributed by atoms with van der Waals surface area (Å²) in [5.41, 5.74) is 1.05. The lowest BCUT2D eigenvalue weighted by Gasteiger charge is -2.14. The van der Waals surface area contributed by atoms with E-state index in [0.29, 0.717) is 34.5 Å². The zero-order chi connectivity index (χ0) is 15.9. The molecule has 1 heterocycles. The summed E-state index contributed by atoms with van der Waals surface area (Å²) in [4.78, 5) is 11.7. The second-order valence-corrected chi connectivity index (χ2v) is 5.70. The van der Waals surface area contributed by atoms with Gasteiger partial charge in [0, 0.05) is 18.8 Å². The van der Waals surface area contributed by atoms with Crippen molar-refractivity contribution in [2.45, 2.75) is 25.9 Å². The second kappa shape index (κ2) is 8.31. The molecule has 1 aromatic carbocycles. The van der Waals surface area contributed by atoms with E-state index in [9.17, 15) is 4.79 Å². The zero-order valence-electron chi connectivity index (χ0n) is 12.4. The van der Waals surface area contributed by atoms with Crippen molar-refractivity contribution in [1.29, 1.82) is 0 Å². The third-order valence-corrected chi connectivity index (χ3v) is 3.80. The number of hydrogen-bond acceptors (Lipinski definition) is 4. The highest BCUT2D eigenvalue weighted by Crippen LogP contribution is 2.22. The van der Waals surface area contributed by atoms with Crippen LogP contribution in [0.15, 0.2) is 18.2 Å². The smallest absolute Gasteiger partial charge is 0.339 e. The minimum absolute atomic E-state index is 0.217. The quantitative estimate of drug-likeness (QED) is 0.633. The average Bonchev–Trinajstić information content (AvgIpc) is 2.98. The molecule has 1 aromatic rings. The molecule has 2 N–H and O–H groups in total. The number of nitrogens with one attached hydrogen (secondary N) is 2. The number of carbonyl (C=O) groups excluding carboxylic acids is 1. The van der Waals surface area contributed by atoms with Crippen LogP contribution in [0.2, 0.25) is 5.02 Å². The van der Waals surface area contributed by atoms with Crippen molar-refractivity contribution < 1.29 is 14.3 Å². The molecule has 1 saturated heterocycles. The second-order valence-electron chi connectivity index (χ2n) is 4.89. The van der Waals surface area contributed by atoms with E-state index in [-0.39, 0.29) is 6.10 Å². The van der Waals surface area contributed by atoms with Gasteiger partial charge >= 0.3 is 5.97 Å². The van der Waals surface area contributed by atoms with Gasteiger partial charge in [-0.15, -0.1) is 0 Å². The lowest BCUT2D eigenvalue weighted by atomic mass is 10.2. The third-order valence-electron chi connectivity index (χ3n) is 3.24. The van der Waals surface area contributed by atoms with E-state index >= 15 is 0 Å². The summed E-state index contributed by atoms with van der Waals surface area (Å²) >= 11 is 11.3. The Kier molecular flexibility index (Phi) is 6.42.